The quantitative estimate of drug-likeness (QED) is 0.129. The number of nitrogens with two attached hydrogens (primary N) is 1. The molecule has 4 rings (SSSR count). The summed E-state index contributed by atoms with van der Waals surface area (Å²) in [6.07, 6.45) is 4.38. The van der Waals surface area contributed by atoms with Gasteiger partial charge in [0.25, 0.3) is 5.91 Å². The second-order valence-corrected chi connectivity index (χ2v) is 8.93. The molecule has 3 aromatic rings. The number of rotatable bonds is 11. The number of benzene rings is 3. The second-order valence-electron chi connectivity index (χ2n) is 8.93. The lowest BCUT2D eigenvalue weighted by Crippen LogP contribution is -2.49. The Morgan fingerprint density at radius 3 is 2.33 bits per heavy atom. The van der Waals surface area contributed by atoms with Crippen LogP contribution in [0.15, 0.2) is 102 Å². The van der Waals surface area contributed by atoms with Crippen LogP contribution in [0.25, 0.3) is 0 Å². The fourth-order valence-electron chi connectivity index (χ4n) is 4.30. The molecule has 3 aromatic carbocycles. The van der Waals surface area contributed by atoms with Gasteiger partial charge in [0, 0.05) is 17.3 Å². The van der Waals surface area contributed by atoms with Crippen LogP contribution in [0.5, 0.6) is 5.75 Å². The van der Waals surface area contributed by atoms with Crippen molar-refractivity contribution in [3.05, 3.63) is 108 Å². The van der Waals surface area contributed by atoms with Crippen molar-refractivity contribution >= 4 is 17.3 Å². The first-order valence-electron chi connectivity index (χ1n) is 12.3. The zero-order valence-corrected chi connectivity index (χ0v) is 20.8. The summed E-state index contributed by atoms with van der Waals surface area (Å²) >= 11 is 0. The third-order valence-corrected chi connectivity index (χ3v) is 6.28. The number of carbonyl (C=O) groups is 1. The number of hydrogen-bond acceptors (Lipinski definition) is 5. The lowest BCUT2D eigenvalue weighted by Gasteiger charge is -2.43. The first-order valence-corrected chi connectivity index (χ1v) is 12.3. The van der Waals surface area contributed by atoms with Gasteiger partial charge in [0.15, 0.2) is 0 Å². The molecular weight excluding hydrogens is 450 g/mol. The number of anilines is 1. The smallest absolute Gasteiger partial charge is 0.257 e. The number of oxime groups is 1. The molecule has 0 aliphatic carbocycles. The molecule has 1 aliphatic rings. The van der Waals surface area contributed by atoms with E-state index >= 15 is 0 Å². The third-order valence-electron chi connectivity index (χ3n) is 6.28. The number of allylic oxidation sites excluding steroid dienone is 1. The zero-order valence-electron chi connectivity index (χ0n) is 20.8. The van der Waals surface area contributed by atoms with Crippen molar-refractivity contribution in [1.29, 1.82) is 0 Å². The molecule has 6 nitrogen and oxygen atoms in total. The summed E-state index contributed by atoms with van der Waals surface area (Å²) in [7, 11) is 1.63. The molecule has 2 unspecified atom stereocenters. The molecule has 1 heterocycles. The predicted octanol–water partition coefficient (Wildman–Crippen LogP) is 5.45. The lowest BCUT2D eigenvalue weighted by atomic mass is 9.86. The van der Waals surface area contributed by atoms with Gasteiger partial charge in [-0.15, -0.1) is 0 Å². The molecule has 1 amide bonds. The van der Waals surface area contributed by atoms with Crippen LogP contribution in [-0.4, -0.2) is 31.4 Å². The molecule has 2 N–H and O–H groups in total. The number of aryl methyl sites for hydroxylation is 1. The van der Waals surface area contributed by atoms with E-state index in [1.165, 1.54) is 5.56 Å². The van der Waals surface area contributed by atoms with Crippen molar-refractivity contribution in [2.24, 2.45) is 10.9 Å². The molecule has 1 fully saturated rings. The van der Waals surface area contributed by atoms with Gasteiger partial charge in [-0.05, 0) is 67.7 Å². The minimum atomic E-state index is -0.191. The highest BCUT2D eigenvalue weighted by Gasteiger charge is 2.43. The van der Waals surface area contributed by atoms with Gasteiger partial charge < -0.3 is 15.3 Å². The summed E-state index contributed by atoms with van der Waals surface area (Å²) in [5, 5.41) is 4.22. The van der Waals surface area contributed by atoms with Crippen molar-refractivity contribution in [1.82, 2.24) is 0 Å². The Labute approximate surface area is 213 Å². The van der Waals surface area contributed by atoms with Crippen LogP contribution >= 0.6 is 0 Å². The van der Waals surface area contributed by atoms with Crippen LogP contribution in [0.3, 0.4) is 0 Å². The molecule has 1 saturated heterocycles. The molecule has 186 valence electrons. The van der Waals surface area contributed by atoms with Gasteiger partial charge in [-0.1, -0.05) is 65.8 Å². The Morgan fingerprint density at radius 1 is 1.00 bits per heavy atom. The highest BCUT2D eigenvalue weighted by atomic mass is 16.6. The minimum Gasteiger partial charge on any atom is -0.497 e. The number of nitrogens with zero attached hydrogens (tertiary/aromatic N) is 2. The molecule has 0 saturated carbocycles. The van der Waals surface area contributed by atoms with Gasteiger partial charge in [0.2, 0.25) is 0 Å². The second kappa shape index (κ2) is 12.2. The van der Waals surface area contributed by atoms with E-state index in [1.807, 2.05) is 85.8 Å². The van der Waals surface area contributed by atoms with Crippen molar-refractivity contribution in [3.8, 4) is 5.75 Å². The summed E-state index contributed by atoms with van der Waals surface area (Å²) in [6.45, 7) is 2.28. The van der Waals surface area contributed by atoms with E-state index in [9.17, 15) is 4.79 Å². The number of ether oxygens (including phenoxy) is 1. The van der Waals surface area contributed by atoms with Crippen molar-refractivity contribution < 1.29 is 14.4 Å². The van der Waals surface area contributed by atoms with Crippen molar-refractivity contribution in [3.63, 3.8) is 0 Å². The maximum atomic E-state index is 13.2. The summed E-state index contributed by atoms with van der Waals surface area (Å²) in [6, 6.07) is 27.7. The number of hydrogen-bond donors (Lipinski definition) is 1. The van der Waals surface area contributed by atoms with Gasteiger partial charge in [-0.3, -0.25) is 9.69 Å². The highest BCUT2D eigenvalue weighted by molar-refractivity contribution is 6.18. The Balaban J connectivity index is 1.37. The first kappa shape index (κ1) is 25.2. The SMILES string of the molecule is COc1ccc(N2C(=O)/C(=C/C(C)=NOCCC(N)CCc3ccccc3)C2c2ccccc2)cc1. The van der Waals surface area contributed by atoms with E-state index < -0.39 is 0 Å². The van der Waals surface area contributed by atoms with E-state index in [4.69, 9.17) is 15.3 Å². The average Bonchev–Trinajstić information content (AvgIpc) is 2.92. The topological polar surface area (TPSA) is 77.1 Å². The first-order chi connectivity index (χ1) is 17.6. The number of methoxy groups -OCH3 is 1. The number of β-lactam (4-membered cyclic amide) rings is 1. The van der Waals surface area contributed by atoms with E-state index in [1.54, 1.807) is 12.0 Å². The van der Waals surface area contributed by atoms with Crippen LogP contribution in [0.1, 0.15) is 36.9 Å². The van der Waals surface area contributed by atoms with E-state index in [-0.39, 0.29) is 18.0 Å². The summed E-state index contributed by atoms with van der Waals surface area (Å²) < 4.78 is 5.26. The van der Waals surface area contributed by atoms with Gasteiger partial charge in [-0.2, -0.15) is 0 Å². The van der Waals surface area contributed by atoms with Crippen LogP contribution in [-0.2, 0) is 16.1 Å². The standard InChI is InChI=1S/C30H33N3O3/c1-22(32-36-20-19-25(31)14-13-23-9-5-3-6-10-23)21-28-29(24-11-7-4-8-12-24)33(30(28)34)26-15-17-27(35-2)18-16-26/h3-12,15-18,21,25,29H,13-14,19-20,31H2,1-2H3/b28-21+,32-22?. The Kier molecular flexibility index (Phi) is 8.53. The molecule has 0 aromatic heterocycles. The molecule has 2 atom stereocenters. The van der Waals surface area contributed by atoms with Crippen LogP contribution < -0.4 is 15.4 Å². The van der Waals surface area contributed by atoms with Crippen molar-refractivity contribution in [2.45, 2.75) is 38.3 Å². The Hall–Kier alpha value is -3.90. The molecular formula is C30H33N3O3. The largest absolute Gasteiger partial charge is 0.497 e. The third kappa shape index (κ3) is 6.20. The van der Waals surface area contributed by atoms with Gasteiger partial charge in [0.1, 0.15) is 12.4 Å². The van der Waals surface area contributed by atoms with E-state index in [0.717, 1.165) is 36.3 Å². The predicted molar refractivity (Wildman–Crippen MR) is 144 cm³/mol. The fraction of sp³-hybridized carbons (Fsp3) is 0.267. The molecule has 0 spiro atoms. The van der Waals surface area contributed by atoms with Crippen LogP contribution in [0, 0.1) is 0 Å². The molecule has 0 radical (unpaired) electrons. The fourth-order valence-corrected chi connectivity index (χ4v) is 4.30. The Bertz CT molecular complexity index is 1190. The summed E-state index contributed by atoms with van der Waals surface area (Å²) in [5.74, 6) is 0.699. The van der Waals surface area contributed by atoms with Gasteiger partial charge in [-0.25, -0.2) is 0 Å². The van der Waals surface area contributed by atoms with Gasteiger partial charge >= 0.3 is 0 Å². The van der Waals surface area contributed by atoms with Crippen LogP contribution in [0.2, 0.25) is 0 Å². The van der Waals surface area contributed by atoms with Crippen molar-refractivity contribution in [2.75, 3.05) is 18.6 Å². The monoisotopic (exact) mass is 483 g/mol. The van der Waals surface area contributed by atoms with Gasteiger partial charge in [0.05, 0.1) is 18.9 Å². The highest BCUT2D eigenvalue weighted by Crippen LogP contribution is 2.43. The maximum Gasteiger partial charge on any atom is 0.257 e. The lowest BCUT2D eigenvalue weighted by molar-refractivity contribution is -0.119. The normalized spacial score (nSPS) is 17.6. The van der Waals surface area contributed by atoms with E-state index in [0.29, 0.717) is 17.9 Å². The molecule has 36 heavy (non-hydrogen) atoms. The minimum absolute atomic E-state index is 0.0489. The maximum absolute atomic E-state index is 13.2. The average molecular weight is 484 g/mol. The van der Waals surface area contributed by atoms with Crippen LogP contribution in [0.4, 0.5) is 5.69 Å². The summed E-state index contributed by atoms with van der Waals surface area (Å²) in [4.78, 5) is 20.5. The molecule has 6 heteroatoms. The number of amides is 1. The molecule has 1 aliphatic heterocycles. The summed E-state index contributed by atoms with van der Waals surface area (Å²) in [5.41, 5.74) is 10.7. The zero-order chi connectivity index (χ0) is 25.3. The number of carbonyl (C=O) groups excluding carboxylic acids is 1. The van der Waals surface area contributed by atoms with E-state index in [2.05, 4.69) is 17.3 Å². The Morgan fingerprint density at radius 2 is 1.67 bits per heavy atom. The molecule has 0 bridgehead atoms.